The number of aromatic amines is 1. The Morgan fingerprint density at radius 2 is 1.58 bits per heavy atom. The Bertz CT molecular complexity index is 1160. The van der Waals surface area contributed by atoms with Crippen LogP contribution in [0.1, 0.15) is 39.2 Å². The molecule has 1 aromatic carbocycles. The van der Waals surface area contributed by atoms with E-state index in [1.54, 1.807) is 20.0 Å². The Hall–Kier alpha value is -3.97. The van der Waals surface area contributed by atoms with Crippen molar-refractivity contribution in [1.29, 1.82) is 0 Å². The third-order valence-corrected chi connectivity index (χ3v) is 5.87. The van der Waals surface area contributed by atoms with Crippen LogP contribution in [0, 0.1) is 5.92 Å². The largest absolute Gasteiger partial charge is 0.480 e. The molecule has 0 saturated carbocycles. The summed E-state index contributed by atoms with van der Waals surface area (Å²) in [5.74, 6) is -4.90. The molecule has 0 spiro atoms. The molecule has 0 fully saturated rings. The van der Waals surface area contributed by atoms with E-state index in [9.17, 15) is 34.2 Å². The maximum absolute atomic E-state index is 13.0. The summed E-state index contributed by atoms with van der Waals surface area (Å²) in [6.07, 6.45) is 0.0434. The first-order valence-electron chi connectivity index (χ1n) is 12.2. The van der Waals surface area contributed by atoms with E-state index in [0.29, 0.717) is 0 Å². The van der Waals surface area contributed by atoms with Gasteiger partial charge in [0.15, 0.2) is 0 Å². The van der Waals surface area contributed by atoms with Crippen molar-refractivity contribution in [3.05, 3.63) is 36.0 Å². The van der Waals surface area contributed by atoms with Crippen molar-refractivity contribution >= 4 is 40.5 Å². The molecule has 38 heavy (non-hydrogen) atoms. The molecule has 4 amide bonds. The number of hydrogen-bond donors (Lipinski definition) is 8. The highest BCUT2D eigenvalue weighted by molar-refractivity contribution is 5.95. The summed E-state index contributed by atoms with van der Waals surface area (Å²) < 4.78 is 0. The standard InChI is InChI=1S/C25H36N6O7/c1-12(2)8-18(23(35)30-19(25(37)38)10-20(27)33)29-24(36)21(13(3)32)31-22(34)16(26)9-14-11-28-17-7-5-4-6-15(14)17/h4-7,11-13,16,18-19,21,28,32H,8-10,26H2,1-3H3,(H2,27,33)(H,29,36)(H,30,35)(H,31,34)(H,37,38). The first-order valence-corrected chi connectivity index (χ1v) is 12.2. The summed E-state index contributed by atoms with van der Waals surface area (Å²) in [4.78, 5) is 64.3. The van der Waals surface area contributed by atoms with Gasteiger partial charge in [0.2, 0.25) is 23.6 Å². The number of carbonyl (C=O) groups is 5. The van der Waals surface area contributed by atoms with E-state index < -0.39 is 66.3 Å². The maximum atomic E-state index is 13.0. The molecule has 1 aromatic heterocycles. The average Bonchev–Trinajstić information content (AvgIpc) is 3.23. The molecular formula is C25H36N6O7. The Morgan fingerprint density at radius 1 is 0.947 bits per heavy atom. The van der Waals surface area contributed by atoms with Crippen LogP contribution in [0.15, 0.2) is 30.5 Å². The highest BCUT2D eigenvalue weighted by Gasteiger charge is 2.33. The van der Waals surface area contributed by atoms with Crippen LogP contribution in [-0.4, -0.2) is 75.1 Å². The number of rotatable bonds is 14. The number of carbonyl (C=O) groups excluding carboxylic acids is 4. The number of hydrogen-bond acceptors (Lipinski definition) is 7. The maximum Gasteiger partial charge on any atom is 0.326 e. The van der Waals surface area contributed by atoms with Crippen molar-refractivity contribution in [3.63, 3.8) is 0 Å². The van der Waals surface area contributed by atoms with Gasteiger partial charge >= 0.3 is 5.97 Å². The molecule has 208 valence electrons. The Morgan fingerprint density at radius 3 is 2.16 bits per heavy atom. The zero-order chi connectivity index (χ0) is 28.6. The number of fused-ring (bicyclic) bond motifs is 1. The molecule has 2 aromatic rings. The van der Waals surface area contributed by atoms with Gasteiger partial charge in [0, 0.05) is 17.1 Å². The lowest BCUT2D eigenvalue weighted by Crippen LogP contribution is -2.60. The quantitative estimate of drug-likeness (QED) is 0.148. The van der Waals surface area contributed by atoms with Gasteiger partial charge in [0.05, 0.1) is 18.6 Å². The molecule has 10 N–H and O–H groups in total. The zero-order valence-electron chi connectivity index (χ0n) is 21.6. The number of carboxylic acids is 1. The number of H-pyrrole nitrogens is 1. The van der Waals surface area contributed by atoms with E-state index >= 15 is 0 Å². The molecule has 0 bridgehead atoms. The van der Waals surface area contributed by atoms with Crippen LogP contribution in [0.3, 0.4) is 0 Å². The Kier molecular flexibility index (Phi) is 10.8. The van der Waals surface area contributed by atoms with Gasteiger partial charge in [-0.25, -0.2) is 4.79 Å². The molecule has 5 atom stereocenters. The van der Waals surface area contributed by atoms with E-state index in [1.165, 1.54) is 6.92 Å². The third kappa shape index (κ3) is 8.56. The SMILES string of the molecule is CC(C)CC(NC(=O)C(NC(=O)C(N)Cc1c[nH]c2ccccc12)C(C)O)C(=O)NC(CC(N)=O)C(=O)O. The number of aromatic nitrogens is 1. The molecule has 0 aliphatic rings. The molecule has 2 rings (SSSR count). The highest BCUT2D eigenvalue weighted by Crippen LogP contribution is 2.19. The lowest BCUT2D eigenvalue weighted by Gasteiger charge is -2.27. The van der Waals surface area contributed by atoms with Gasteiger partial charge in [-0.3, -0.25) is 19.2 Å². The lowest BCUT2D eigenvalue weighted by molar-refractivity contribution is -0.144. The van der Waals surface area contributed by atoms with E-state index in [1.807, 2.05) is 24.3 Å². The zero-order valence-corrected chi connectivity index (χ0v) is 21.6. The summed E-state index contributed by atoms with van der Waals surface area (Å²) in [6.45, 7) is 4.85. The van der Waals surface area contributed by atoms with Gasteiger partial charge in [0.1, 0.15) is 18.1 Å². The number of amides is 4. The van der Waals surface area contributed by atoms with Gasteiger partial charge < -0.3 is 42.6 Å². The number of aliphatic hydroxyl groups is 1. The van der Waals surface area contributed by atoms with Gasteiger partial charge in [-0.2, -0.15) is 0 Å². The average molecular weight is 533 g/mol. The molecule has 0 aliphatic heterocycles. The van der Waals surface area contributed by atoms with Crippen molar-refractivity contribution in [2.75, 3.05) is 0 Å². The normalized spacial score (nSPS) is 15.2. The minimum atomic E-state index is -1.58. The molecule has 0 saturated heterocycles. The number of benzene rings is 1. The van der Waals surface area contributed by atoms with Crippen LogP contribution in [0.2, 0.25) is 0 Å². The van der Waals surface area contributed by atoms with Crippen LogP contribution in [0.25, 0.3) is 10.9 Å². The van der Waals surface area contributed by atoms with E-state index in [0.717, 1.165) is 16.5 Å². The topological polar surface area (TPSA) is 230 Å². The minimum Gasteiger partial charge on any atom is -0.480 e. The summed E-state index contributed by atoms with van der Waals surface area (Å²) in [6, 6.07) is 2.22. The fourth-order valence-electron chi connectivity index (χ4n) is 3.93. The predicted octanol–water partition coefficient (Wildman–Crippen LogP) is -1.12. The Balaban J connectivity index is 2.11. The van der Waals surface area contributed by atoms with Crippen molar-refractivity contribution < 1.29 is 34.2 Å². The molecule has 0 radical (unpaired) electrons. The summed E-state index contributed by atoms with van der Waals surface area (Å²) in [5.41, 5.74) is 12.8. The van der Waals surface area contributed by atoms with Crippen LogP contribution < -0.4 is 27.4 Å². The first kappa shape index (κ1) is 30.3. The number of aliphatic hydroxyl groups excluding tert-OH is 1. The molecule has 0 aliphatic carbocycles. The van der Waals surface area contributed by atoms with Crippen LogP contribution in [-0.2, 0) is 30.4 Å². The van der Waals surface area contributed by atoms with Crippen LogP contribution in [0.5, 0.6) is 0 Å². The summed E-state index contributed by atoms with van der Waals surface area (Å²) in [7, 11) is 0. The number of nitrogens with two attached hydrogens (primary N) is 2. The second-order valence-corrected chi connectivity index (χ2v) is 9.66. The third-order valence-electron chi connectivity index (χ3n) is 5.87. The number of aliphatic carboxylic acids is 1. The van der Waals surface area contributed by atoms with Gasteiger partial charge in [0.25, 0.3) is 0 Å². The molecular weight excluding hydrogens is 496 g/mol. The van der Waals surface area contributed by atoms with Crippen molar-refractivity contribution in [2.45, 2.75) is 70.3 Å². The second-order valence-electron chi connectivity index (χ2n) is 9.66. The number of carboxylic acid groups (broad SMARTS) is 1. The fourth-order valence-corrected chi connectivity index (χ4v) is 3.93. The molecule has 13 nitrogen and oxygen atoms in total. The van der Waals surface area contributed by atoms with Gasteiger partial charge in [-0.15, -0.1) is 0 Å². The van der Waals surface area contributed by atoms with E-state index in [4.69, 9.17) is 11.5 Å². The molecule has 5 unspecified atom stereocenters. The first-order chi connectivity index (χ1) is 17.8. The van der Waals surface area contributed by atoms with Crippen molar-refractivity contribution in [2.24, 2.45) is 17.4 Å². The van der Waals surface area contributed by atoms with E-state index in [-0.39, 0.29) is 18.8 Å². The lowest BCUT2D eigenvalue weighted by atomic mass is 10.0. The minimum absolute atomic E-state index is 0.102. The van der Waals surface area contributed by atoms with Crippen LogP contribution in [0.4, 0.5) is 0 Å². The van der Waals surface area contributed by atoms with Gasteiger partial charge in [-0.1, -0.05) is 32.0 Å². The second kappa shape index (κ2) is 13.5. The number of nitrogens with one attached hydrogen (secondary N) is 4. The Labute approximate surface area is 219 Å². The van der Waals surface area contributed by atoms with Gasteiger partial charge in [-0.05, 0) is 37.3 Å². The molecule has 13 heteroatoms. The highest BCUT2D eigenvalue weighted by atomic mass is 16.4. The van der Waals surface area contributed by atoms with Crippen molar-refractivity contribution in [3.8, 4) is 0 Å². The number of para-hydroxylation sites is 1. The number of primary amides is 1. The van der Waals surface area contributed by atoms with E-state index in [2.05, 4.69) is 20.9 Å². The summed E-state index contributed by atoms with van der Waals surface area (Å²) in [5, 5.41) is 27.5. The van der Waals surface area contributed by atoms with Crippen molar-refractivity contribution in [1.82, 2.24) is 20.9 Å². The monoisotopic (exact) mass is 532 g/mol. The smallest absolute Gasteiger partial charge is 0.326 e. The predicted molar refractivity (Wildman–Crippen MR) is 138 cm³/mol. The fraction of sp³-hybridized carbons (Fsp3) is 0.480. The van der Waals surface area contributed by atoms with Crippen LogP contribution >= 0.6 is 0 Å². The molecule has 1 heterocycles. The summed E-state index contributed by atoms with van der Waals surface area (Å²) >= 11 is 0.